The van der Waals surface area contributed by atoms with E-state index >= 15 is 19.2 Å². The minimum absolute atomic E-state index is 0.0237. The van der Waals surface area contributed by atoms with E-state index in [0.717, 1.165) is 19.6 Å². The van der Waals surface area contributed by atoms with Gasteiger partial charge in [0.25, 0.3) is 11.8 Å². The Hall–Kier alpha value is -14.5. The van der Waals surface area contributed by atoms with E-state index in [4.69, 9.17) is 34.4 Å². The fourth-order valence-corrected chi connectivity index (χ4v) is 16.5. The molecule has 0 radical (unpaired) electrons. The van der Waals surface area contributed by atoms with E-state index in [2.05, 4.69) is 58.2 Å². The van der Waals surface area contributed by atoms with Gasteiger partial charge in [-0.15, -0.1) is 0 Å². The normalized spacial score (nSPS) is 22.4. The molecule has 4 aliphatic rings. The molecular weight excluding hydrogens is 1840 g/mol. The van der Waals surface area contributed by atoms with Crippen molar-refractivity contribution in [3.8, 4) is 17.2 Å². The highest BCUT2D eigenvalue weighted by molar-refractivity contribution is 6.04. The number of aliphatic carboxylic acids is 1. The van der Waals surface area contributed by atoms with Crippen molar-refractivity contribution >= 4 is 128 Å². The number of hydrogen-bond donors (Lipinski definition) is 15. The molecule has 0 spiro atoms. The molecule has 45 heteroatoms. The number of nitrogens with one attached hydrogen (secondary N) is 10. The number of nitrogens with zero attached hydrogens (tertiary/aromatic N) is 8. The number of rotatable bonds is 25. The molecule has 762 valence electrons. The topological polar surface area (TPSA) is 609 Å². The summed E-state index contributed by atoms with van der Waals surface area (Å²) >= 11 is 0. The second-order valence-corrected chi connectivity index (χ2v) is 37.1. The van der Waals surface area contributed by atoms with Crippen LogP contribution in [0.25, 0.3) is 21.8 Å². The molecule has 5 unspecified atom stereocenters. The lowest BCUT2D eigenvalue weighted by Gasteiger charge is -2.38. The Labute approximate surface area is 813 Å². The summed E-state index contributed by atoms with van der Waals surface area (Å²) in [6, 6.07) is 16.8. The highest BCUT2D eigenvalue weighted by Crippen LogP contribution is 2.32. The average Bonchev–Trinajstić information content (AvgIpc) is 0.790. The number of piperidine rings is 2. The number of nitrogens with two attached hydrogens (primary N) is 1. The SMILES string of the molecule is CC(C)[C@H](NC(=O)OC(C)(C)C)C(=O)N[C@@H](CCCNC(N)=O)C(=O)Nc1ccc(COc2cc3ccccc3nc2C(=O)N[C@@H]2CNC(=O)[C@H](C(C)C)N(C)C(=O)CN(C)C(=O)CNC(=O)[C@@H]3CCCCN3C(=O)[C@H](NC(=O)c3nc4ccccc4cc3OCc3ccc(OC4OC(C(=O)O)C(O)C(O)C4O)cc3)CNC(=O)[C@H](C(C)C)N(C)C(=O)CN(C)C(=O)CNC(=O)[C@@H]3CCCCN3C2=O)cc1. The third-order valence-corrected chi connectivity index (χ3v) is 24.2. The maximum absolute atomic E-state index is 15.6. The number of pyridine rings is 2. The van der Waals surface area contributed by atoms with Gasteiger partial charge in [-0.2, -0.15) is 0 Å². The summed E-state index contributed by atoms with van der Waals surface area (Å²) in [6.07, 6.45) is -8.46. The van der Waals surface area contributed by atoms with Crippen molar-refractivity contribution < 1.29 is 126 Å². The number of benzene rings is 4. The van der Waals surface area contributed by atoms with Crippen molar-refractivity contribution in [2.75, 3.05) is 92.4 Å². The third-order valence-electron chi connectivity index (χ3n) is 24.2. The van der Waals surface area contributed by atoms with Gasteiger partial charge in [0, 0.05) is 77.4 Å². The molecule has 6 heterocycles. The number of urea groups is 1. The van der Waals surface area contributed by atoms with E-state index in [9.17, 15) is 82.8 Å². The zero-order chi connectivity index (χ0) is 103. The molecule has 10 rings (SSSR count). The van der Waals surface area contributed by atoms with Crippen molar-refractivity contribution in [3.05, 3.63) is 132 Å². The van der Waals surface area contributed by atoms with Gasteiger partial charge in [0.2, 0.25) is 77.2 Å². The number of anilines is 1. The second kappa shape index (κ2) is 49.4. The molecule has 0 bridgehead atoms. The van der Waals surface area contributed by atoms with Crippen LogP contribution in [0.1, 0.15) is 146 Å². The predicted octanol–water partition coefficient (Wildman–Crippen LogP) is 0.653. The Balaban J connectivity index is 0.882. The maximum Gasteiger partial charge on any atom is 0.408 e. The first kappa shape index (κ1) is 109. The monoisotopic (exact) mass is 1960 g/mol. The van der Waals surface area contributed by atoms with Crippen LogP contribution in [0.4, 0.5) is 15.3 Å². The van der Waals surface area contributed by atoms with Crippen molar-refractivity contribution in [2.45, 2.75) is 212 Å². The lowest BCUT2D eigenvalue weighted by Crippen LogP contribution is -2.61. The van der Waals surface area contributed by atoms with Crippen LogP contribution in [-0.4, -0.2) is 332 Å². The van der Waals surface area contributed by atoms with Gasteiger partial charge in [-0.3, -0.25) is 67.1 Å². The fourth-order valence-electron chi connectivity index (χ4n) is 16.5. The molecule has 6 aromatic rings. The van der Waals surface area contributed by atoms with E-state index in [0.29, 0.717) is 58.6 Å². The molecule has 4 saturated heterocycles. The van der Waals surface area contributed by atoms with E-state index in [1.807, 2.05) is 0 Å². The number of carbonyl (C=O) groups is 17. The van der Waals surface area contributed by atoms with Crippen LogP contribution in [0.3, 0.4) is 0 Å². The Bertz CT molecular complexity index is 5560. The maximum atomic E-state index is 15.6. The number of carboxylic acid groups (broad SMARTS) is 1. The number of aliphatic hydroxyl groups excluding tert-OH is 3. The molecular formula is C96H127N19O26. The molecule has 4 fully saturated rings. The number of fused-ring (bicyclic) bond motifs is 4. The van der Waals surface area contributed by atoms with Gasteiger partial charge in [-0.25, -0.2) is 24.4 Å². The summed E-state index contributed by atoms with van der Waals surface area (Å²) in [6.45, 7) is 10.1. The van der Waals surface area contributed by atoms with Crippen molar-refractivity contribution in [3.63, 3.8) is 0 Å². The number of para-hydroxylation sites is 2. The number of carboxylic acids is 1. The molecule has 0 saturated carbocycles. The number of aromatic nitrogens is 2. The van der Waals surface area contributed by atoms with E-state index in [1.165, 1.54) is 68.3 Å². The van der Waals surface area contributed by atoms with E-state index in [1.54, 1.807) is 141 Å². The smallest absolute Gasteiger partial charge is 0.408 e. The van der Waals surface area contributed by atoms with Crippen LogP contribution >= 0.6 is 0 Å². The van der Waals surface area contributed by atoms with Gasteiger partial charge in [0.15, 0.2) is 29.0 Å². The molecule has 17 amide bonds. The summed E-state index contributed by atoms with van der Waals surface area (Å²) in [7, 11) is 5.17. The number of ether oxygens (including phenoxy) is 5. The third kappa shape index (κ3) is 29.3. The van der Waals surface area contributed by atoms with Crippen LogP contribution in [0.15, 0.2) is 109 Å². The van der Waals surface area contributed by atoms with Crippen LogP contribution < -0.4 is 73.1 Å². The van der Waals surface area contributed by atoms with Gasteiger partial charge in [-0.05, 0) is 150 Å². The van der Waals surface area contributed by atoms with E-state index < -0.39 is 242 Å². The van der Waals surface area contributed by atoms with Gasteiger partial charge in [-0.1, -0.05) is 102 Å². The average molecular weight is 1960 g/mol. The minimum Gasteiger partial charge on any atom is -0.486 e. The number of likely N-dealkylation sites (N-methyl/N-ethyl adjacent to an activating group) is 4. The zero-order valence-corrected chi connectivity index (χ0v) is 81.0. The summed E-state index contributed by atoms with van der Waals surface area (Å²) in [5.74, 6) is -15.2. The van der Waals surface area contributed by atoms with Crippen molar-refractivity contribution in [2.24, 2.45) is 23.5 Å². The number of hydrogen-bond acceptors (Lipinski definition) is 27. The number of amides is 17. The lowest BCUT2D eigenvalue weighted by molar-refractivity contribution is -0.271. The van der Waals surface area contributed by atoms with Crippen LogP contribution in [0.2, 0.25) is 0 Å². The highest BCUT2D eigenvalue weighted by Gasteiger charge is 2.49. The largest absolute Gasteiger partial charge is 0.486 e. The fraction of sp³-hybridized carbons (Fsp3) is 0.510. The zero-order valence-electron chi connectivity index (χ0n) is 81.0. The first-order valence-corrected chi connectivity index (χ1v) is 46.6. The Morgan fingerprint density at radius 2 is 1.01 bits per heavy atom. The molecule has 2 aromatic heterocycles. The van der Waals surface area contributed by atoms with Crippen LogP contribution in [-0.2, 0) is 85.0 Å². The molecule has 141 heavy (non-hydrogen) atoms. The number of primary amides is 1. The number of aliphatic hydroxyl groups is 3. The molecule has 4 aromatic carbocycles. The molecule has 4 aliphatic heterocycles. The molecule has 0 aliphatic carbocycles. The first-order valence-electron chi connectivity index (χ1n) is 46.6. The van der Waals surface area contributed by atoms with Gasteiger partial charge < -0.3 is 132 Å². The summed E-state index contributed by atoms with van der Waals surface area (Å²) in [5, 5.41) is 68.4. The second-order valence-electron chi connectivity index (χ2n) is 37.1. The first-order chi connectivity index (χ1) is 66.8. The number of alkyl carbamates (subject to hydrolysis) is 1. The molecule has 45 nitrogen and oxygen atoms in total. The summed E-state index contributed by atoms with van der Waals surface area (Å²) < 4.78 is 29.0. The number of carbonyl (C=O) groups excluding carboxylic acids is 16. The Kier molecular flexibility index (Phi) is 38.0. The van der Waals surface area contributed by atoms with Gasteiger partial charge in [0.1, 0.15) is 91.2 Å². The highest BCUT2D eigenvalue weighted by atomic mass is 16.7. The minimum atomic E-state index is -1.96. The standard InChI is InChI=1S/C96H127N19O26/c1-51(2)73(109-95(136)141-96(7,8)9)85(126)106-62(27-22-38-98-94(97)135)82(123)103-58-34-30-54(31-35-58)49-137-67-41-56-23-14-16-25-60(56)104-74(67)86(127)107-63-43-99-88(129)76(52(3)4)112(12)71(118)47-110(10)70(117)46-102-84(125)66-29-19-21-40-115(66)91(132)64(44-100-89(130)77(53(5)6)113(13)72(119)48-111(11)69(116)45-101-83(124)65-28-18-20-39-114(65)90(63)131)108-87(128)75-68(42-57-24-15-17-26-61(57)105-75)138-50-55-32-36-59(37-33-55)139-93-80(122)78(120)79(121)81(140-93)92(133)134/h14-17,23-26,30-37,41-42,51-53,62-66,73,76-81,93,120-122H,18-22,27-29,38-40,43-50H2,1-13H3,(H,99,129)(H,100,130)(H,101,124)(H,102,125)(H,103,123)(H,106,126)(H,107,127)(H,108,128)(H,109,136)(H,133,134)(H3,97,98,135)/t62-,63+,64+,65-,66-,73-,76-,77-,78?,79?,80?,81?,93?/m0/s1. The molecule has 13 atom stereocenters. The Morgan fingerprint density at radius 1 is 0.553 bits per heavy atom. The Morgan fingerprint density at radius 3 is 1.44 bits per heavy atom. The van der Waals surface area contributed by atoms with Crippen molar-refractivity contribution in [1.29, 1.82) is 0 Å². The van der Waals surface area contributed by atoms with Crippen LogP contribution in [0, 0.1) is 17.8 Å². The molecule has 16 N–H and O–H groups in total. The predicted molar refractivity (Wildman–Crippen MR) is 507 cm³/mol. The lowest BCUT2D eigenvalue weighted by atomic mass is 9.99. The van der Waals surface area contributed by atoms with Gasteiger partial charge in [0.05, 0.1) is 37.2 Å². The van der Waals surface area contributed by atoms with Crippen molar-refractivity contribution in [1.82, 2.24) is 87.2 Å². The quantitative estimate of drug-likeness (QED) is 0.0350. The summed E-state index contributed by atoms with van der Waals surface area (Å²) in [5.41, 5.74) is 5.54. The van der Waals surface area contributed by atoms with E-state index in [-0.39, 0.29) is 92.9 Å². The van der Waals surface area contributed by atoms with Crippen LogP contribution in [0.5, 0.6) is 17.2 Å². The van der Waals surface area contributed by atoms with Gasteiger partial charge >= 0.3 is 18.1 Å². The summed E-state index contributed by atoms with van der Waals surface area (Å²) in [4.78, 5) is 258.